The standard InChI is InChI=1S/C12H17ClFN/c1-3-11(15-2)6-4-9-8-10(14)5-7-12(9)13/h5,7-8,11,15H,3-4,6H2,1-2H3. The van der Waals surface area contributed by atoms with Gasteiger partial charge in [0.2, 0.25) is 0 Å². The van der Waals surface area contributed by atoms with Crippen molar-refractivity contribution in [3.8, 4) is 0 Å². The molecule has 0 aromatic heterocycles. The summed E-state index contributed by atoms with van der Waals surface area (Å²) >= 11 is 5.98. The highest BCUT2D eigenvalue weighted by atomic mass is 35.5. The van der Waals surface area contributed by atoms with Crippen LogP contribution in [-0.4, -0.2) is 13.1 Å². The average molecular weight is 230 g/mol. The van der Waals surface area contributed by atoms with Gasteiger partial charge in [-0.15, -0.1) is 0 Å². The molecule has 0 radical (unpaired) electrons. The van der Waals surface area contributed by atoms with Crippen LogP contribution in [0.25, 0.3) is 0 Å². The Balaban J connectivity index is 2.60. The maximum atomic E-state index is 13.0. The number of benzene rings is 1. The van der Waals surface area contributed by atoms with Crippen molar-refractivity contribution in [2.24, 2.45) is 0 Å². The average Bonchev–Trinajstić information content (AvgIpc) is 2.24. The molecule has 0 saturated carbocycles. The molecule has 1 aromatic rings. The van der Waals surface area contributed by atoms with Crippen LogP contribution < -0.4 is 5.32 Å². The quantitative estimate of drug-likeness (QED) is 0.816. The van der Waals surface area contributed by atoms with E-state index in [-0.39, 0.29) is 5.82 Å². The maximum absolute atomic E-state index is 13.0. The molecule has 0 heterocycles. The predicted molar refractivity (Wildman–Crippen MR) is 62.9 cm³/mol. The third-order valence-corrected chi connectivity index (χ3v) is 3.04. The molecule has 84 valence electrons. The van der Waals surface area contributed by atoms with E-state index in [0.29, 0.717) is 11.1 Å². The minimum atomic E-state index is -0.216. The van der Waals surface area contributed by atoms with Crippen LogP contribution in [0.2, 0.25) is 5.02 Å². The van der Waals surface area contributed by atoms with Gasteiger partial charge in [-0.2, -0.15) is 0 Å². The van der Waals surface area contributed by atoms with E-state index in [0.717, 1.165) is 24.8 Å². The molecule has 0 aliphatic rings. The summed E-state index contributed by atoms with van der Waals surface area (Å²) in [5.74, 6) is -0.216. The highest BCUT2D eigenvalue weighted by molar-refractivity contribution is 6.31. The first-order valence-corrected chi connectivity index (χ1v) is 5.66. The molecule has 0 spiro atoms. The van der Waals surface area contributed by atoms with Crippen LogP contribution in [-0.2, 0) is 6.42 Å². The molecule has 0 bridgehead atoms. The zero-order valence-electron chi connectivity index (χ0n) is 9.19. The molecule has 0 aliphatic heterocycles. The fraction of sp³-hybridized carbons (Fsp3) is 0.500. The molecule has 15 heavy (non-hydrogen) atoms. The van der Waals surface area contributed by atoms with Gasteiger partial charge in [0.05, 0.1) is 0 Å². The van der Waals surface area contributed by atoms with Crippen LogP contribution in [0.15, 0.2) is 18.2 Å². The van der Waals surface area contributed by atoms with Gasteiger partial charge in [-0.25, -0.2) is 4.39 Å². The van der Waals surface area contributed by atoms with Crippen LogP contribution in [0.5, 0.6) is 0 Å². The predicted octanol–water partition coefficient (Wildman–Crippen LogP) is 3.41. The van der Waals surface area contributed by atoms with Crippen molar-refractivity contribution >= 4 is 11.6 Å². The summed E-state index contributed by atoms with van der Waals surface area (Å²) in [5, 5.41) is 3.87. The molecule has 3 heteroatoms. The monoisotopic (exact) mass is 229 g/mol. The molecule has 0 amide bonds. The first-order chi connectivity index (χ1) is 7.17. The van der Waals surface area contributed by atoms with Crippen molar-refractivity contribution < 1.29 is 4.39 Å². The summed E-state index contributed by atoms with van der Waals surface area (Å²) in [6, 6.07) is 5.00. The van der Waals surface area contributed by atoms with Gasteiger partial charge in [0.15, 0.2) is 0 Å². The van der Waals surface area contributed by atoms with Gasteiger partial charge >= 0.3 is 0 Å². The van der Waals surface area contributed by atoms with E-state index in [1.807, 2.05) is 7.05 Å². The Kier molecular flexibility index (Phi) is 5.06. The van der Waals surface area contributed by atoms with Crippen molar-refractivity contribution in [3.63, 3.8) is 0 Å². The molecular weight excluding hydrogens is 213 g/mol. The van der Waals surface area contributed by atoms with Crippen LogP contribution in [0.4, 0.5) is 4.39 Å². The second-order valence-electron chi connectivity index (χ2n) is 3.67. The fourth-order valence-corrected chi connectivity index (χ4v) is 1.83. The van der Waals surface area contributed by atoms with Crippen LogP contribution >= 0.6 is 11.6 Å². The molecule has 1 N–H and O–H groups in total. The van der Waals surface area contributed by atoms with Gasteiger partial charge in [-0.3, -0.25) is 0 Å². The summed E-state index contributed by atoms with van der Waals surface area (Å²) in [6.07, 6.45) is 2.87. The topological polar surface area (TPSA) is 12.0 Å². The third-order valence-electron chi connectivity index (χ3n) is 2.67. The Morgan fingerprint density at radius 2 is 2.20 bits per heavy atom. The lowest BCUT2D eigenvalue weighted by Gasteiger charge is -2.13. The SMILES string of the molecule is CCC(CCc1cc(F)ccc1Cl)NC. The fourth-order valence-electron chi connectivity index (χ4n) is 1.62. The number of hydrogen-bond acceptors (Lipinski definition) is 1. The van der Waals surface area contributed by atoms with Crippen LogP contribution in [0.1, 0.15) is 25.3 Å². The molecular formula is C12H17ClFN. The Hall–Kier alpha value is -0.600. The number of rotatable bonds is 5. The van der Waals surface area contributed by atoms with Crippen LogP contribution in [0.3, 0.4) is 0 Å². The van der Waals surface area contributed by atoms with Gasteiger partial charge in [0, 0.05) is 11.1 Å². The maximum Gasteiger partial charge on any atom is 0.123 e. The van der Waals surface area contributed by atoms with Crippen molar-refractivity contribution in [2.45, 2.75) is 32.2 Å². The number of hydrogen-bond donors (Lipinski definition) is 1. The van der Waals surface area contributed by atoms with E-state index in [4.69, 9.17) is 11.6 Å². The Morgan fingerprint density at radius 1 is 1.47 bits per heavy atom. The van der Waals surface area contributed by atoms with Gasteiger partial charge in [-0.05, 0) is 50.1 Å². The molecule has 0 saturated heterocycles. The lowest BCUT2D eigenvalue weighted by atomic mass is 10.0. The third kappa shape index (κ3) is 3.80. The Bertz CT molecular complexity index is 310. The molecule has 0 fully saturated rings. The molecule has 0 aliphatic carbocycles. The highest BCUT2D eigenvalue weighted by Crippen LogP contribution is 2.19. The zero-order chi connectivity index (χ0) is 11.3. The van der Waals surface area contributed by atoms with E-state index in [2.05, 4.69) is 12.2 Å². The van der Waals surface area contributed by atoms with Crippen molar-refractivity contribution in [3.05, 3.63) is 34.6 Å². The van der Waals surface area contributed by atoms with Crippen molar-refractivity contribution in [2.75, 3.05) is 7.05 Å². The van der Waals surface area contributed by atoms with Gasteiger partial charge in [-0.1, -0.05) is 18.5 Å². The summed E-state index contributed by atoms with van der Waals surface area (Å²) in [5.41, 5.74) is 0.894. The van der Waals surface area contributed by atoms with Gasteiger partial charge in [0.25, 0.3) is 0 Å². The highest BCUT2D eigenvalue weighted by Gasteiger charge is 2.06. The molecule has 1 aromatic carbocycles. The molecule has 1 unspecified atom stereocenters. The van der Waals surface area contributed by atoms with Crippen molar-refractivity contribution in [1.82, 2.24) is 5.32 Å². The Labute approximate surface area is 95.6 Å². The minimum absolute atomic E-state index is 0.216. The summed E-state index contributed by atoms with van der Waals surface area (Å²) in [6.45, 7) is 2.13. The van der Waals surface area contributed by atoms with Gasteiger partial charge in [0.1, 0.15) is 5.82 Å². The lowest BCUT2D eigenvalue weighted by molar-refractivity contribution is 0.508. The van der Waals surface area contributed by atoms with Crippen molar-refractivity contribution in [1.29, 1.82) is 0 Å². The molecule has 1 nitrogen and oxygen atoms in total. The normalized spacial score (nSPS) is 12.8. The largest absolute Gasteiger partial charge is 0.317 e. The first-order valence-electron chi connectivity index (χ1n) is 5.28. The van der Waals surface area contributed by atoms with E-state index < -0.39 is 0 Å². The number of aryl methyl sites for hydroxylation is 1. The van der Waals surface area contributed by atoms with E-state index >= 15 is 0 Å². The zero-order valence-corrected chi connectivity index (χ0v) is 9.94. The second-order valence-corrected chi connectivity index (χ2v) is 4.08. The number of nitrogens with one attached hydrogen (secondary N) is 1. The Morgan fingerprint density at radius 3 is 2.80 bits per heavy atom. The molecule has 1 rings (SSSR count). The smallest absolute Gasteiger partial charge is 0.123 e. The van der Waals surface area contributed by atoms with E-state index in [1.165, 1.54) is 12.1 Å². The summed E-state index contributed by atoms with van der Waals surface area (Å²) in [7, 11) is 1.95. The minimum Gasteiger partial charge on any atom is -0.317 e. The summed E-state index contributed by atoms with van der Waals surface area (Å²) < 4.78 is 13.0. The molecule has 1 atom stereocenters. The van der Waals surface area contributed by atoms with E-state index in [9.17, 15) is 4.39 Å². The second kappa shape index (κ2) is 6.09. The lowest BCUT2D eigenvalue weighted by Crippen LogP contribution is -2.24. The van der Waals surface area contributed by atoms with Gasteiger partial charge < -0.3 is 5.32 Å². The van der Waals surface area contributed by atoms with E-state index in [1.54, 1.807) is 6.07 Å². The number of halogens is 2. The summed E-state index contributed by atoms with van der Waals surface area (Å²) in [4.78, 5) is 0. The first kappa shape index (κ1) is 12.5. The van der Waals surface area contributed by atoms with Crippen LogP contribution in [0, 0.1) is 5.82 Å².